The van der Waals surface area contributed by atoms with Gasteiger partial charge in [0, 0.05) is 93.8 Å². The van der Waals surface area contributed by atoms with Crippen LogP contribution in [0.15, 0.2) is 30.1 Å². The van der Waals surface area contributed by atoms with Crippen LogP contribution in [0.2, 0.25) is 0 Å². The molecule has 3 aliphatic heterocycles. The number of hydrogen-bond acceptors (Lipinski definition) is 8. The minimum atomic E-state index is -0.579. The van der Waals surface area contributed by atoms with Gasteiger partial charge in [-0.05, 0) is 74.1 Å². The molecular weight excluding hydrogens is 700 g/mol. The summed E-state index contributed by atoms with van der Waals surface area (Å²) < 4.78 is 10.4. The molecule has 0 spiro atoms. The number of amides is 3. The number of carbonyl (C=O) groups is 5. The van der Waals surface area contributed by atoms with Crippen LogP contribution in [0.25, 0.3) is 29.9 Å². The van der Waals surface area contributed by atoms with E-state index in [-0.39, 0.29) is 49.3 Å². The number of nitrogens with one attached hydrogen (secondary N) is 5. The number of carbonyl (C=O) groups excluding carboxylic acids is 5. The molecule has 288 valence electrons. The number of esters is 2. The van der Waals surface area contributed by atoms with Gasteiger partial charge >= 0.3 is 11.9 Å². The second-order valence-corrected chi connectivity index (χ2v) is 14.1. The molecule has 55 heavy (non-hydrogen) atoms. The van der Waals surface area contributed by atoms with Gasteiger partial charge in [0.15, 0.2) is 0 Å². The van der Waals surface area contributed by atoms with Crippen LogP contribution in [-0.4, -0.2) is 76.8 Å². The number of hydrogen-bond donors (Lipinski definition) is 5. The van der Waals surface area contributed by atoms with E-state index in [1.165, 1.54) is 26.4 Å². The monoisotopic (exact) mass is 748 g/mol. The SMILES string of the molecule is C=Cc1c2[nH]c(c1C)C=C1NC(=C(CC(=O)NCCN3C(=O)C=CC3=O)c3[nH]c(c(C)c3C(=O)OC)C=c3[nH]c(c(C)c3CC)=C2)[C@@H](CCC(=O)OC)[C@@H]1C. The molecule has 6 heterocycles. The summed E-state index contributed by atoms with van der Waals surface area (Å²) in [6.07, 6.45) is 11.4. The molecule has 0 aromatic carbocycles. The molecule has 1 saturated heterocycles. The molecule has 6 rings (SSSR count). The molecule has 0 aliphatic carbocycles. The number of allylic oxidation sites excluding steroid dienone is 2. The Morgan fingerprint density at radius 3 is 2.25 bits per heavy atom. The summed E-state index contributed by atoms with van der Waals surface area (Å²) in [5.41, 5.74) is 9.94. The third-order valence-electron chi connectivity index (χ3n) is 11.1. The van der Waals surface area contributed by atoms with E-state index >= 15 is 0 Å². The third-order valence-corrected chi connectivity index (χ3v) is 11.1. The Labute approximate surface area is 319 Å². The number of imide groups is 1. The number of fused-ring (bicyclic) bond motifs is 8. The zero-order chi connectivity index (χ0) is 39.7. The number of ether oxygens (including phenoxy) is 2. The molecular formula is C42H48N6O7. The van der Waals surface area contributed by atoms with E-state index < -0.39 is 23.7 Å². The lowest BCUT2D eigenvalue weighted by molar-refractivity contribution is -0.141. The van der Waals surface area contributed by atoms with Crippen molar-refractivity contribution in [2.75, 3.05) is 27.3 Å². The maximum Gasteiger partial charge on any atom is 0.340 e. The number of H-pyrrole nitrogens is 3. The molecule has 3 aliphatic rings. The standard InChI is InChI=1S/C42H48N6O7/c1-9-25-21(3)29-18-31-23(5)27(11-14-38(52)54-7)40(46-31)28(17-35(49)43-15-16-48-36(50)12-13-37(48)51)41-39(42(53)55-8)24(6)32(47-41)20-34-26(10-2)22(4)30(45-34)19-33(25)44-29/h9,12-13,18-20,23,27,44-47H,1,10-11,14-17H2,2-8H3,(H,43,49)/t23-,27-/m0/s1. The number of aromatic amines is 3. The van der Waals surface area contributed by atoms with Crippen LogP contribution >= 0.6 is 0 Å². The van der Waals surface area contributed by atoms with E-state index in [1.54, 1.807) is 0 Å². The lowest BCUT2D eigenvalue weighted by Gasteiger charge is -2.20. The number of aromatic nitrogens is 3. The molecule has 0 radical (unpaired) electrons. The summed E-state index contributed by atoms with van der Waals surface area (Å²) in [6, 6.07) is 0. The molecule has 8 bridgehead atoms. The first kappa shape index (κ1) is 38.6. The largest absolute Gasteiger partial charge is 0.469 e. The van der Waals surface area contributed by atoms with Crippen LogP contribution in [0, 0.1) is 32.6 Å². The number of methoxy groups -OCH3 is 2. The second-order valence-electron chi connectivity index (χ2n) is 14.1. The van der Waals surface area contributed by atoms with Gasteiger partial charge in [0.1, 0.15) is 0 Å². The van der Waals surface area contributed by atoms with Crippen LogP contribution < -0.4 is 21.3 Å². The fraction of sp³-hybridized carbons (Fsp3) is 0.357. The molecule has 3 aromatic heterocycles. The first-order chi connectivity index (χ1) is 26.3. The molecule has 0 unspecified atom stereocenters. The minimum Gasteiger partial charge on any atom is -0.469 e. The quantitative estimate of drug-likeness (QED) is 0.146. The smallest absolute Gasteiger partial charge is 0.340 e. The average Bonchev–Trinajstić information content (AvgIpc) is 3.92. The zero-order valence-electron chi connectivity index (χ0n) is 32.4. The predicted molar refractivity (Wildman–Crippen MR) is 209 cm³/mol. The first-order valence-electron chi connectivity index (χ1n) is 18.5. The number of nitrogens with zero attached hydrogens (tertiary/aromatic N) is 1. The number of rotatable bonds is 11. The Hall–Kier alpha value is -6.11. The van der Waals surface area contributed by atoms with Gasteiger partial charge in [0.05, 0.1) is 31.9 Å². The average molecular weight is 749 g/mol. The molecule has 3 amide bonds. The molecule has 3 aromatic rings. The Morgan fingerprint density at radius 2 is 1.60 bits per heavy atom. The van der Waals surface area contributed by atoms with Crippen LogP contribution in [0.4, 0.5) is 0 Å². The summed E-state index contributed by atoms with van der Waals surface area (Å²) in [5, 5.41) is 8.29. The molecule has 13 heteroatoms. The van der Waals surface area contributed by atoms with Crippen molar-refractivity contribution in [1.82, 2.24) is 30.5 Å². The molecule has 0 saturated carbocycles. The maximum absolute atomic E-state index is 13.9. The molecule has 5 N–H and O–H groups in total. The van der Waals surface area contributed by atoms with Crippen LogP contribution in [0.1, 0.15) is 94.1 Å². The highest BCUT2D eigenvalue weighted by molar-refractivity contribution is 6.13. The lowest BCUT2D eigenvalue weighted by atomic mass is 9.85. The van der Waals surface area contributed by atoms with E-state index in [0.29, 0.717) is 34.6 Å². The normalized spacial score (nSPS) is 17.4. The third kappa shape index (κ3) is 7.26. The van der Waals surface area contributed by atoms with Crippen molar-refractivity contribution < 1.29 is 33.4 Å². The van der Waals surface area contributed by atoms with Crippen LogP contribution in [0.5, 0.6) is 0 Å². The van der Waals surface area contributed by atoms with E-state index in [4.69, 9.17) is 9.47 Å². The lowest BCUT2D eigenvalue weighted by Crippen LogP contribution is -2.38. The molecule has 13 nitrogen and oxygen atoms in total. The summed E-state index contributed by atoms with van der Waals surface area (Å²) in [4.78, 5) is 76.2. The fourth-order valence-electron chi connectivity index (χ4n) is 7.93. The summed E-state index contributed by atoms with van der Waals surface area (Å²) in [6.45, 7) is 14.3. The summed E-state index contributed by atoms with van der Waals surface area (Å²) >= 11 is 0. The Bertz CT molecular complexity index is 2330. The van der Waals surface area contributed by atoms with Crippen molar-refractivity contribution in [2.24, 2.45) is 11.8 Å². The van der Waals surface area contributed by atoms with Crippen LogP contribution in [-0.2, 0) is 35.1 Å². The molecule has 2 atom stereocenters. The highest BCUT2D eigenvalue weighted by Gasteiger charge is 2.37. The highest BCUT2D eigenvalue weighted by Crippen LogP contribution is 2.43. The fourth-order valence-corrected chi connectivity index (χ4v) is 7.93. The second kappa shape index (κ2) is 15.7. The van der Waals surface area contributed by atoms with Gasteiger partial charge in [-0.15, -0.1) is 0 Å². The van der Waals surface area contributed by atoms with Gasteiger partial charge in [0.2, 0.25) is 5.91 Å². The van der Waals surface area contributed by atoms with Gasteiger partial charge in [-0.1, -0.05) is 26.5 Å². The van der Waals surface area contributed by atoms with Crippen LogP contribution in [0.3, 0.4) is 0 Å². The highest BCUT2D eigenvalue weighted by atomic mass is 16.5. The van der Waals surface area contributed by atoms with Crippen molar-refractivity contribution in [2.45, 2.75) is 60.3 Å². The zero-order valence-corrected chi connectivity index (χ0v) is 32.4. The van der Waals surface area contributed by atoms with Gasteiger partial charge in [-0.3, -0.25) is 24.1 Å². The van der Waals surface area contributed by atoms with Crippen molar-refractivity contribution in [3.05, 3.63) is 97.0 Å². The summed E-state index contributed by atoms with van der Waals surface area (Å²) in [5.74, 6) is -2.67. The van der Waals surface area contributed by atoms with Gasteiger partial charge in [-0.25, -0.2) is 4.79 Å². The Morgan fingerprint density at radius 1 is 0.909 bits per heavy atom. The minimum absolute atomic E-state index is 0.000704. The van der Waals surface area contributed by atoms with E-state index in [2.05, 4.69) is 65.1 Å². The van der Waals surface area contributed by atoms with E-state index in [9.17, 15) is 24.0 Å². The molecule has 1 fully saturated rings. The van der Waals surface area contributed by atoms with Crippen molar-refractivity contribution >= 4 is 59.5 Å². The van der Waals surface area contributed by atoms with E-state index in [0.717, 1.165) is 61.4 Å². The van der Waals surface area contributed by atoms with Gasteiger partial charge in [-0.2, -0.15) is 0 Å². The topological polar surface area (TPSA) is 178 Å². The Kier molecular flexibility index (Phi) is 11.0. The Balaban J connectivity index is 1.60. The summed E-state index contributed by atoms with van der Waals surface area (Å²) in [7, 11) is 2.67. The van der Waals surface area contributed by atoms with Crippen molar-refractivity contribution in [3.8, 4) is 0 Å². The maximum atomic E-state index is 13.9. The van der Waals surface area contributed by atoms with Gasteiger partial charge < -0.3 is 35.1 Å². The van der Waals surface area contributed by atoms with Crippen molar-refractivity contribution in [3.63, 3.8) is 0 Å². The first-order valence-corrected chi connectivity index (χ1v) is 18.5. The van der Waals surface area contributed by atoms with Gasteiger partial charge in [0.25, 0.3) is 11.8 Å². The van der Waals surface area contributed by atoms with Crippen molar-refractivity contribution in [1.29, 1.82) is 0 Å². The van der Waals surface area contributed by atoms with E-state index in [1.807, 2.05) is 26.0 Å². The predicted octanol–water partition coefficient (Wildman–Crippen LogP) is 3.55.